The Morgan fingerprint density at radius 3 is 2.39 bits per heavy atom. The SMILES string of the molecule is O=C(c1cc([N+](=O)[O-])cc([N+](=O)[O-])c1Cl)N1CCN(Cc2ccc3c(c2)OCO3)CC1. The number of piperazine rings is 1. The first-order chi connectivity index (χ1) is 14.8. The second-order valence-electron chi connectivity index (χ2n) is 7.10. The number of nitro benzene ring substituents is 2. The van der Waals surface area contributed by atoms with Crippen LogP contribution in [0.5, 0.6) is 11.5 Å². The third kappa shape index (κ3) is 4.23. The van der Waals surface area contributed by atoms with Gasteiger partial charge in [-0.1, -0.05) is 17.7 Å². The molecular formula is C19H17ClN4O7. The largest absolute Gasteiger partial charge is 0.454 e. The lowest BCUT2D eigenvalue weighted by Gasteiger charge is -2.34. The van der Waals surface area contributed by atoms with Crippen molar-refractivity contribution in [1.29, 1.82) is 0 Å². The number of rotatable bonds is 5. The number of non-ortho nitro benzene ring substituents is 1. The van der Waals surface area contributed by atoms with Crippen LogP contribution in [0.1, 0.15) is 15.9 Å². The van der Waals surface area contributed by atoms with Gasteiger partial charge in [-0.2, -0.15) is 0 Å². The van der Waals surface area contributed by atoms with E-state index in [2.05, 4.69) is 4.90 Å². The van der Waals surface area contributed by atoms with Gasteiger partial charge >= 0.3 is 0 Å². The Morgan fingerprint density at radius 1 is 1.00 bits per heavy atom. The van der Waals surface area contributed by atoms with E-state index in [4.69, 9.17) is 21.1 Å². The molecule has 0 radical (unpaired) electrons. The highest BCUT2D eigenvalue weighted by molar-refractivity contribution is 6.36. The summed E-state index contributed by atoms with van der Waals surface area (Å²) in [6.45, 7) is 2.70. The van der Waals surface area contributed by atoms with Crippen LogP contribution in [0, 0.1) is 20.2 Å². The first-order valence-electron chi connectivity index (χ1n) is 9.36. The van der Waals surface area contributed by atoms with Crippen LogP contribution < -0.4 is 9.47 Å². The molecule has 0 N–H and O–H groups in total. The molecular weight excluding hydrogens is 432 g/mol. The van der Waals surface area contributed by atoms with Gasteiger partial charge < -0.3 is 14.4 Å². The Hall–Kier alpha value is -3.44. The lowest BCUT2D eigenvalue weighted by Crippen LogP contribution is -2.48. The standard InChI is InChI=1S/C19H17ClN4O7/c20-18-14(8-13(23(26)27)9-15(18)24(28)29)19(25)22-5-3-21(4-6-22)10-12-1-2-16-17(7-12)31-11-30-16/h1-2,7-9H,3-6,10-11H2. The molecule has 12 heteroatoms. The van der Waals surface area contributed by atoms with Crippen molar-refractivity contribution in [3.8, 4) is 11.5 Å². The van der Waals surface area contributed by atoms with E-state index >= 15 is 0 Å². The molecule has 1 saturated heterocycles. The highest BCUT2D eigenvalue weighted by atomic mass is 35.5. The van der Waals surface area contributed by atoms with Crippen molar-refractivity contribution in [1.82, 2.24) is 9.80 Å². The molecule has 0 unspecified atom stereocenters. The molecule has 4 rings (SSSR count). The van der Waals surface area contributed by atoms with Crippen LogP contribution >= 0.6 is 11.6 Å². The van der Waals surface area contributed by atoms with Crippen molar-refractivity contribution in [2.45, 2.75) is 6.54 Å². The smallest absolute Gasteiger partial charge is 0.295 e. The van der Waals surface area contributed by atoms with Gasteiger partial charge in [0.05, 0.1) is 21.5 Å². The van der Waals surface area contributed by atoms with Crippen LogP contribution in [0.3, 0.4) is 0 Å². The molecule has 2 aromatic rings. The van der Waals surface area contributed by atoms with Gasteiger partial charge in [0.1, 0.15) is 5.02 Å². The van der Waals surface area contributed by atoms with Crippen molar-refractivity contribution in [3.63, 3.8) is 0 Å². The van der Waals surface area contributed by atoms with E-state index in [0.29, 0.717) is 44.2 Å². The maximum atomic E-state index is 12.9. The Bertz CT molecular complexity index is 1070. The Kier molecular flexibility index (Phi) is 5.61. The number of nitrogens with zero attached hydrogens (tertiary/aromatic N) is 4. The summed E-state index contributed by atoms with van der Waals surface area (Å²) in [5, 5.41) is 21.9. The fraction of sp³-hybridized carbons (Fsp3) is 0.316. The zero-order chi connectivity index (χ0) is 22.1. The van der Waals surface area contributed by atoms with E-state index in [-0.39, 0.29) is 12.4 Å². The van der Waals surface area contributed by atoms with E-state index in [0.717, 1.165) is 17.7 Å². The molecule has 0 aliphatic carbocycles. The number of ether oxygens (including phenoxy) is 2. The van der Waals surface area contributed by atoms with Gasteiger partial charge in [-0.05, 0) is 17.7 Å². The minimum absolute atomic E-state index is 0.206. The molecule has 0 saturated carbocycles. The second kappa shape index (κ2) is 8.36. The zero-order valence-corrected chi connectivity index (χ0v) is 16.9. The molecule has 2 aliphatic heterocycles. The molecule has 162 valence electrons. The van der Waals surface area contributed by atoms with Crippen molar-refractivity contribution >= 4 is 28.9 Å². The molecule has 11 nitrogen and oxygen atoms in total. The van der Waals surface area contributed by atoms with Gasteiger partial charge in [-0.25, -0.2) is 0 Å². The lowest BCUT2D eigenvalue weighted by atomic mass is 10.1. The van der Waals surface area contributed by atoms with Gasteiger partial charge in [-0.3, -0.25) is 29.9 Å². The fourth-order valence-corrected chi connectivity index (χ4v) is 3.82. The summed E-state index contributed by atoms with van der Waals surface area (Å²) in [6, 6.07) is 7.46. The average molecular weight is 449 g/mol. The molecule has 1 amide bonds. The minimum Gasteiger partial charge on any atom is -0.454 e. The zero-order valence-electron chi connectivity index (χ0n) is 16.2. The topological polar surface area (TPSA) is 128 Å². The number of nitro groups is 2. The van der Waals surface area contributed by atoms with Crippen LogP contribution in [-0.2, 0) is 6.54 Å². The van der Waals surface area contributed by atoms with Crippen molar-refractivity contribution in [2.75, 3.05) is 33.0 Å². The van der Waals surface area contributed by atoms with E-state index in [1.807, 2.05) is 18.2 Å². The fourth-order valence-electron chi connectivity index (χ4n) is 3.57. The van der Waals surface area contributed by atoms with E-state index in [1.54, 1.807) is 0 Å². The van der Waals surface area contributed by atoms with Crippen LogP contribution in [0.15, 0.2) is 30.3 Å². The van der Waals surface area contributed by atoms with Gasteiger partial charge in [-0.15, -0.1) is 0 Å². The summed E-state index contributed by atoms with van der Waals surface area (Å²) < 4.78 is 10.7. The van der Waals surface area contributed by atoms with Crippen molar-refractivity contribution in [2.24, 2.45) is 0 Å². The van der Waals surface area contributed by atoms with Crippen LogP contribution in [0.2, 0.25) is 5.02 Å². The third-order valence-electron chi connectivity index (χ3n) is 5.18. The summed E-state index contributed by atoms with van der Waals surface area (Å²) in [7, 11) is 0. The first kappa shape index (κ1) is 20.8. The first-order valence-corrected chi connectivity index (χ1v) is 9.74. The number of fused-ring (bicyclic) bond motifs is 1. The average Bonchev–Trinajstić information content (AvgIpc) is 3.21. The second-order valence-corrected chi connectivity index (χ2v) is 7.47. The molecule has 0 spiro atoms. The maximum absolute atomic E-state index is 12.9. The van der Waals surface area contributed by atoms with E-state index in [9.17, 15) is 25.0 Å². The maximum Gasteiger partial charge on any atom is 0.295 e. The number of amides is 1. The molecule has 2 aromatic carbocycles. The quantitative estimate of drug-likeness (QED) is 0.504. The summed E-state index contributed by atoms with van der Waals surface area (Å²) in [5.74, 6) is 0.842. The normalized spacial score (nSPS) is 15.7. The number of hydrogen-bond acceptors (Lipinski definition) is 8. The number of halogens is 1. The Labute approximate surface area is 181 Å². The summed E-state index contributed by atoms with van der Waals surface area (Å²) >= 11 is 6.03. The summed E-state index contributed by atoms with van der Waals surface area (Å²) in [4.78, 5) is 37.2. The Morgan fingerprint density at radius 2 is 1.71 bits per heavy atom. The van der Waals surface area contributed by atoms with Gasteiger partial charge in [0.2, 0.25) is 6.79 Å². The summed E-state index contributed by atoms with van der Waals surface area (Å²) in [5.41, 5.74) is -0.422. The number of carbonyl (C=O) groups is 1. The lowest BCUT2D eigenvalue weighted by molar-refractivity contribution is -0.394. The molecule has 2 aliphatic rings. The number of benzene rings is 2. The minimum atomic E-state index is -0.838. The molecule has 0 aromatic heterocycles. The number of hydrogen-bond donors (Lipinski definition) is 0. The highest BCUT2D eigenvalue weighted by Crippen LogP contribution is 2.34. The van der Waals surface area contributed by atoms with Gasteiger partial charge in [0, 0.05) is 38.8 Å². The molecule has 0 atom stereocenters. The van der Waals surface area contributed by atoms with Gasteiger partial charge in [0.25, 0.3) is 17.3 Å². The molecule has 1 fully saturated rings. The highest BCUT2D eigenvalue weighted by Gasteiger charge is 2.30. The molecule has 0 bridgehead atoms. The monoisotopic (exact) mass is 448 g/mol. The number of carbonyl (C=O) groups excluding carboxylic acids is 1. The predicted molar refractivity (Wildman–Crippen MR) is 109 cm³/mol. The van der Waals surface area contributed by atoms with Crippen molar-refractivity contribution in [3.05, 3.63) is 66.7 Å². The van der Waals surface area contributed by atoms with Crippen LogP contribution in [0.4, 0.5) is 11.4 Å². The summed E-state index contributed by atoms with van der Waals surface area (Å²) in [6.07, 6.45) is 0. The van der Waals surface area contributed by atoms with Crippen LogP contribution in [-0.4, -0.2) is 58.5 Å². The molecule has 31 heavy (non-hydrogen) atoms. The van der Waals surface area contributed by atoms with E-state index in [1.165, 1.54) is 4.90 Å². The van der Waals surface area contributed by atoms with Gasteiger partial charge in [0.15, 0.2) is 11.5 Å². The third-order valence-corrected chi connectivity index (χ3v) is 5.58. The van der Waals surface area contributed by atoms with Crippen LogP contribution in [0.25, 0.3) is 0 Å². The molecule has 2 heterocycles. The predicted octanol–water partition coefficient (Wildman–Crippen LogP) is 2.84. The van der Waals surface area contributed by atoms with Crippen molar-refractivity contribution < 1.29 is 24.1 Å². The Balaban J connectivity index is 1.45. The van der Waals surface area contributed by atoms with E-state index < -0.39 is 32.2 Å².